The molecule has 1 aliphatic rings. The second-order valence-corrected chi connectivity index (χ2v) is 6.90. The molecule has 4 heterocycles. The number of anilines is 1. The Hall–Kier alpha value is -3.18. The summed E-state index contributed by atoms with van der Waals surface area (Å²) in [6.45, 7) is 5.84. The second-order valence-electron chi connectivity index (χ2n) is 6.90. The molecule has 0 aliphatic carbocycles. The van der Waals surface area contributed by atoms with Gasteiger partial charge >= 0.3 is 0 Å². The van der Waals surface area contributed by atoms with Crippen LogP contribution < -0.4 is 4.90 Å². The number of aromatic nitrogens is 5. The molecule has 3 aromatic rings. The third kappa shape index (κ3) is 2.96. The van der Waals surface area contributed by atoms with Crippen LogP contribution in [0.4, 0.5) is 5.82 Å². The summed E-state index contributed by atoms with van der Waals surface area (Å²) in [6, 6.07) is 6.11. The number of pyridine rings is 1. The Bertz CT molecular complexity index is 1040. The highest BCUT2D eigenvalue weighted by Gasteiger charge is 2.26. The molecule has 138 valence electrons. The summed E-state index contributed by atoms with van der Waals surface area (Å²) in [4.78, 5) is 10.9. The lowest BCUT2D eigenvalue weighted by Gasteiger charge is -2.29. The lowest BCUT2D eigenvalue weighted by molar-refractivity contribution is 0.200. The predicted molar refractivity (Wildman–Crippen MR) is 99.0 cm³/mol. The Balaban J connectivity index is 1.65. The quantitative estimate of drug-likeness (QED) is 0.759. The van der Waals surface area contributed by atoms with Crippen molar-refractivity contribution < 1.29 is 5.11 Å². The van der Waals surface area contributed by atoms with E-state index in [0.29, 0.717) is 42.5 Å². The zero-order valence-electron chi connectivity index (χ0n) is 15.6. The van der Waals surface area contributed by atoms with Gasteiger partial charge in [0.15, 0.2) is 6.10 Å². The number of hydrogen-bond acceptors (Lipinski definition) is 6. The molecule has 0 saturated heterocycles. The monoisotopic (exact) mass is 363 g/mol. The van der Waals surface area contributed by atoms with Crippen molar-refractivity contribution >= 4 is 5.82 Å². The van der Waals surface area contributed by atoms with Crippen LogP contribution in [-0.4, -0.2) is 36.0 Å². The zero-order chi connectivity index (χ0) is 19.1. The molecule has 0 fully saturated rings. The normalized spacial score (nSPS) is 14.7. The number of aryl methyl sites for hydroxylation is 3. The molecule has 4 rings (SSSR count). The summed E-state index contributed by atoms with van der Waals surface area (Å²) >= 11 is 0. The SMILES string of the molecule is Cc1cc(C)c(C#N)c(N2CCn3nc([C@H](O)c4nccn4C)cc3C2)n1. The minimum Gasteiger partial charge on any atom is -0.379 e. The van der Waals surface area contributed by atoms with E-state index in [2.05, 4.69) is 26.0 Å². The maximum Gasteiger partial charge on any atom is 0.155 e. The average Bonchev–Trinajstić information content (AvgIpc) is 3.25. The van der Waals surface area contributed by atoms with Gasteiger partial charge in [-0.25, -0.2) is 9.97 Å². The number of aliphatic hydroxyl groups excluding tert-OH is 1. The van der Waals surface area contributed by atoms with Gasteiger partial charge in [-0.1, -0.05) is 0 Å². The van der Waals surface area contributed by atoms with E-state index in [9.17, 15) is 10.4 Å². The van der Waals surface area contributed by atoms with Crippen molar-refractivity contribution in [2.45, 2.75) is 33.0 Å². The molecular weight excluding hydrogens is 342 g/mol. The first-order chi connectivity index (χ1) is 13.0. The minimum absolute atomic E-state index is 0.560. The van der Waals surface area contributed by atoms with Gasteiger partial charge in [-0.3, -0.25) is 4.68 Å². The molecule has 0 spiro atoms. The van der Waals surface area contributed by atoms with Crippen molar-refractivity contribution in [3.63, 3.8) is 0 Å². The van der Waals surface area contributed by atoms with Gasteiger partial charge in [0.25, 0.3) is 0 Å². The molecule has 27 heavy (non-hydrogen) atoms. The number of rotatable bonds is 3. The third-order valence-corrected chi connectivity index (χ3v) is 4.94. The van der Waals surface area contributed by atoms with E-state index in [1.165, 1.54) is 0 Å². The van der Waals surface area contributed by atoms with Crippen LogP contribution in [0.1, 0.15) is 40.1 Å². The molecule has 0 bridgehead atoms. The van der Waals surface area contributed by atoms with E-state index >= 15 is 0 Å². The van der Waals surface area contributed by atoms with Gasteiger partial charge < -0.3 is 14.6 Å². The van der Waals surface area contributed by atoms with Crippen LogP contribution in [0, 0.1) is 25.2 Å². The molecule has 1 aliphatic heterocycles. The Morgan fingerprint density at radius 1 is 1.26 bits per heavy atom. The summed E-state index contributed by atoms with van der Waals surface area (Å²) in [7, 11) is 1.85. The van der Waals surface area contributed by atoms with Crippen LogP contribution in [0.25, 0.3) is 0 Å². The molecule has 8 heteroatoms. The molecule has 0 aromatic carbocycles. The largest absolute Gasteiger partial charge is 0.379 e. The van der Waals surface area contributed by atoms with E-state index in [0.717, 1.165) is 17.0 Å². The van der Waals surface area contributed by atoms with Gasteiger partial charge in [0.05, 0.1) is 30.0 Å². The van der Waals surface area contributed by atoms with Crippen LogP contribution in [0.15, 0.2) is 24.5 Å². The summed E-state index contributed by atoms with van der Waals surface area (Å²) in [5.41, 5.74) is 4.00. The Kier molecular flexibility index (Phi) is 4.16. The molecule has 0 unspecified atom stereocenters. The lowest BCUT2D eigenvalue weighted by Crippen LogP contribution is -2.35. The van der Waals surface area contributed by atoms with Gasteiger partial charge in [0, 0.05) is 31.7 Å². The zero-order valence-corrected chi connectivity index (χ0v) is 15.6. The lowest BCUT2D eigenvalue weighted by atomic mass is 10.1. The molecule has 1 N–H and O–H groups in total. The first-order valence-corrected chi connectivity index (χ1v) is 8.83. The number of imidazole rings is 1. The summed E-state index contributed by atoms with van der Waals surface area (Å²) in [5, 5.41) is 24.7. The highest BCUT2D eigenvalue weighted by atomic mass is 16.3. The highest BCUT2D eigenvalue weighted by molar-refractivity contribution is 5.58. The molecule has 1 atom stereocenters. The number of nitrogens with zero attached hydrogens (tertiary/aromatic N) is 7. The topological polar surface area (TPSA) is 95.8 Å². The minimum atomic E-state index is -0.870. The fraction of sp³-hybridized carbons (Fsp3) is 0.368. The second kappa shape index (κ2) is 6.52. The maximum absolute atomic E-state index is 10.6. The number of hydrogen-bond donors (Lipinski definition) is 1. The van der Waals surface area contributed by atoms with Crippen LogP contribution in [0.3, 0.4) is 0 Å². The average molecular weight is 363 g/mol. The number of aliphatic hydroxyl groups is 1. The van der Waals surface area contributed by atoms with E-state index in [1.807, 2.05) is 37.7 Å². The Morgan fingerprint density at radius 2 is 2.07 bits per heavy atom. The summed E-state index contributed by atoms with van der Waals surface area (Å²) in [5.74, 6) is 1.28. The Morgan fingerprint density at radius 3 is 2.78 bits per heavy atom. The summed E-state index contributed by atoms with van der Waals surface area (Å²) in [6.07, 6.45) is 2.59. The molecule has 0 amide bonds. The first-order valence-electron chi connectivity index (χ1n) is 8.83. The Labute approximate surface area is 157 Å². The van der Waals surface area contributed by atoms with Crippen molar-refractivity contribution in [2.24, 2.45) is 7.05 Å². The van der Waals surface area contributed by atoms with Crippen LogP contribution in [0.2, 0.25) is 0 Å². The van der Waals surface area contributed by atoms with Crippen molar-refractivity contribution in [1.82, 2.24) is 24.3 Å². The smallest absolute Gasteiger partial charge is 0.155 e. The fourth-order valence-corrected chi connectivity index (χ4v) is 3.56. The van der Waals surface area contributed by atoms with Gasteiger partial charge in [0.2, 0.25) is 0 Å². The fourth-order valence-electron chi connectivity index (χ4n) is 3.56. The van der Waals surface area contributed by atoms with Gasteiger partial charge in [0.1, 0.15) is 17.7 Å². The van der Waals surface area contributed by atoms with E-state index in [4.69, 9.17) is 0 Å². The number of fused-ring (bicyclic) bond motifs is 1. The van der Waals surface area contributed by atoms with Crippen LogP contribution in [-0.2, 0) is 20.1 Å². The molecule has 3 aromatic heterocycles. The third-order valence-electron chi connectivity index (χ3n) is 4.94. The maximum atomic E-state index is 10.6. The molecule has 0 radical (unpaired) electrons. The standard InChI is InChI=1S/C19H21N7O/c1-12-8-13(2)22-18(15(12)10-20)25-6-7-26-14(11-25)9-16(23-26)17(27)19-21-4-5-24(19)3/h4-5,8-9,17,27H,6-7,11H2,1-3H3/t17-/m0/s1. The van der Waals surface area contributed by atoms with Gasteiger partial charge in [-0.15, -0.1) is 0 Å². The van der Waals surface area contributed by atoms with E-state index < -0.39 is 6.10 Å². The van der Waals surface area contributed by atoms with E-state index in [1.54, 1.807) is 17.0 Å². The predicted octanol–water partition coefficient (Wildman–Crippen LogP) is 1.60. The molecular formula is C19H21N7O. The highest BCUT2D eigenvalue weighted by Crippen LogP contribution is 2.27. The summed E-state index contributed by atoms with van der Waals surface area (Å²) < 4.78 is 3.70. The van der Waals surface area contributed by atoms with Crippen molar-refractivity contribution in [3.05, 3.63) is 58.6 Å². The van der Waals surface area contributed by atoms with Crippen molar-refractivity contribution in [3.8, 4) is 6.07 Å². The van der Waals surface area contributed by atoms with Crippen LogP contribution in [0.5, 0.6) is 0 Å². The van der Waals surface area contributed by atoms with Gasteiger partial charge in [-0.2, -0.15) is 10.4 Å². The van der Waals surface area contributed by atoms with E-state index in [-0.39, 0.29) is 0 Å². The van der Waals surface area contributed by atoms with Crippen molar-refractivity contribution in [1.29, 1.82) is 5.26 Å². The first kappa shape index (κ1) is 17.2. The number of nitriles is 1. The molecule has 0 saturated carbocycles. The van der Waals surface area contributed by atoms with Gasteiger partial charge in [-0.05, 0) is 31.5 Å². The van der Waals surface area contributed by atoms with Crippen LogP contribution >= 0.6 is 0 Å². The molecule has 8 nitrogen and oxygen atoms in total. The van der Waals surface area contributed by atoms with Crippen molar-refractivity contribution in [2.75, 3.05) is 11.4 Å².